The van der Waals surface area contributed by atoms with Crippen molar-refractivity contribution in [1.82, 2.24) is 5.43 Å². The van der Waals surface area contributed by atoms with Crippen LogP contribution in [0.15, 0.2) is 29.4 Å². The van der Waals surface area contributed by atoms with Crippen LogP contribution in [0.3, 0.4) is 0 Å². The quantitative estimate of drug-likeness (QED) is 0.369. The average Bonchev–Trinajstić information content (AvgIpc) is 2.74. The molecule has 0 saturated carbocycles. The van der Waals surface area contributed by atoms with Crippen LogP contribution in [-0.2, 0) is 0 Å². The van der Waals surface area contributed by atoms with E-state index in [1.54, 1.807) is 21.9 Å². The van der Waals surface area contributed by atoms with Gasteiger partial charge in [-0.05, 0) is 19.1 Å². The van der Waals surface area contributed by atoms with E-state index in [2.05, 4.69) is 17.5 Å². The molecule has 6 heteroatoms. The van der Waals surface area contributed by atoms with E-state index in [9.17, 15) is 4.79 Å². The molecule has 122 valence electrons. The number of nitrogen functional groups attached to an aromatic ring is 1. The van der Waals surface area contributed by atoms with Crippen molar-refractivity contribution in [3.05, 3.63) is 29.8 Å². The summed E-state index contributed by atoms with van der Waals surface area (Å²) in [6, 6.07) is 7.12. The molecule has 0 radical (unpaired) electrons. The Bertz CT molecular complexity index is 655. The molecule has 4 aliphatic rings. The molecule has 4 fully saturated rings. The second-order valence-electron chi connectivity index (χ2n) is 7.54. The van der Waals surface area contributed by atoms with E-state index in [-0.39, 0.29) is 11.3 Å². The lowest BCUT2D eigenvalue weighted by atomic mass is 9.72. The standard InChI is InChI=1S/C17H23N5O/c1-17-10-21-6-7-22(11-17)9-12(8-21)15(17)19-20-16(23)13-4-2-3-5-14(13)18/h2-5,12H,6-11,18H2,1H3,(H,20,23)/p+2/b19-15-. The van der Waals surface area contributed by atoms with Crippen molar-refractivity contribution in [2.24, 2.45) is 16.4 Å². The minimum Gasteiger partial charge on any atom is -0.398 e. The summed E-state index contributed by atoms with van der Waals surface area (Å²) in [7, 11) is 0. The number of hydrazone groups is 1. The Kier molecular flexibility index (Phi) is 3.39. The minimum atomic E-state index is -0.217. The van der Waals surface area contributed by atoms with E-state index in [4.69, 9.17) is 5.73 Å². The largest absolute Gasteiger partial charge is 0.398 e. The number of quaternary nitrogens is 2. The third kappa shape index (κ3) is 2.52. The molecular formula is C17H25N5O+2. The van der Waals surface area contributed by atoms with Gasteiger partial charge in [0.25, 0.3) is 5.91 Å². The van der Waals surface area contributed by atoms with Gasteiger partial charge in [0, 0.05) is 5.69 Å². The fraction of sp³-hybridized carbons (Fsp3) is 0.529. The number of nitrogens with zero attached hydrogens (tertiary/aromatic N) is 1. The van der Waals surface area contributed by atoms with Crippen LogP contribution in [0.25, 0.3) is 0 Å². The van der Waals surface area contributed by atoms with Crippen molar-refractivity contribution in [2.45, 2.75) is 6.92 Å². The van der Waals surface area contributed by atoms with Crippen LogP contribution in [-0.4, -0.2) is 50.9 Å². The van der Waals surface area contributed by atoms with Crippen LogP contribution in [0.2, 0.25) is 0 Å². The zero-order valence-electron chi connectivity index (χ0n) is 13.6. The van der Waals surface area contributed by atoms with Crippen molar-refractivity contribution in [1.29, 1.82) is 0 Å². The fourth-order valence-electron chi connectivity index (χ4n) is 4.78. The Balaban J connectivity index is 1.57. The molecule has 2 atom stereocenters. The summed E-state index contributed by atoms with van der Waals surface area (Å²) >= 11 is 0. The lowest BCUT2D eigenvalue weighted by molar-refractivity contribution is -0.918. The second-order valence-corrected chi connectivity index (χ2v) is 7.54. The van der Waals surface area contributed by atoms with Crippen molar-refractivity contribution in [2.75, 3.05) is 45.0 Å². The Hall–Kier alpha value is -1.92. The Morgan fingerprint density at radius 2 is 1.91 bits per heavy atom. The highest BCUT2D eigenvalue weighted by Crippen LogP contribution is 2.26. The first-order valence-electron chi connectivity index (χ1n) is 8.45. The summed E-state index contributed by atoms with van der Waals surface area (Å²) in [6.07, 6.45) is 0. The molecular weight excluding hydrogens is 290 g/mol. The maximum atomic E-state index is 12.4. The number of carbonyl (C=O) groups is 1. The molecule has 5 N–H and O–H groups in total. The Morgan fingerprint density at radius 1 is 1.26 bits per heavy atom. The van der Waals surface area contributed by atoms with E-state index in [1.165, 1.54) is 18.8 Å². The molecule has 2 unspecified atom stereocenters. The van der Waals surface area contributed by atoms with Crippen LogP contribution in [0, 0.1) is 11.3 Å². The molecule has 1 amide bonds. The lowest BCUT2D eigenvalue weighted by Gasteiger charge is -2.43. The first-order chi connectivity index (χ1) is 11.0. The molecule has 6 nitrogen and oxygen atoms in total. The first kappa shape index (κ1) is 14.7. The van der Waals surface area contributed by atoms with Gasteiger partial charge in [-0.3, -0.25) is 4.79 Å². The van der Waals surface area contributed by atoms with Crippen LogP contribution in [0.5, 0.6) is 0 Å². The van der Waals surface area contributed by atoms with Crippen LogP contribution < -0.4 is 21.0 Å². The number of piperidine rings is 2. The number of amides is 1. The van der Waals surface area contributed by atoms with Gasteiger partial charge < -0.3 is 15.5 Å². The molecule has 0 aromatic heterocycles. The van der Waals surface area contributed by atoms with Crippen LogP contribution >= 0.6 is 0 Å². The van der Waals surface area contributed by atoms with E-state index < -0.39 is 0 Å². The number of rotatable bonds is 2. The maximum absolute atomic E-state index is 12.4. The predicted octanol–water partition coefficient (Wildman–Crippen LogP) is -2.21. The summed E-state index contributed by atoms with van der Waals surface area (Å²) < 4.78 is 0. The van der Waals surface area contributed by atoms with Gasteiger partial charge in [0.2, 0.25) is 0 Å². The predicted molar refractivity (Wildman–Crippen MR) is 88.5 cm³/mol. The van der Waals surface area contributed by atoms with Gasteiger partial charge in [-0.2, -0.15) is 5.10 Å². The minimum absolute atomic E-state index is 0.109. The Labute approximate surface area is 136 Å². The van der Waals surface area contributed by atoms with Gasteiger partial charge in [-0.25, -0.2) is 5.43 Å². The number of fused-ring (bicyclic) bond motifs is 1. The maximum Gasteiger partial charge on any atom is 0.273 e. The SMILES string of the molecule is CC12C[NH+]3CC[NH+](CC(C3)/C1=N/NC(=O)c1ccccc1N)C2. The average molecular weight is 315 g/mol. The highest BCUT2D eigenvalue weighted by molar-refractivity contribution is 6.00. The fourth-order valence-corrected chi connectivity index (χ4v) is 4.78. The van der Waals surface area contributed by atoms with Crippen molar-refractivity contribution >= 4 is 17.3 Å². The summed E-state index contributed by atoms with van der Waals surface area (Å²) in [5, 5.41) is 4.59. The normalized spacial score (nSPS) is 36.9. The van der Waals surface area contributed by atoms with Gasteiger partial charge >= 0.3 is 0 Å². The number of carbonyl (C=O) groups excluding carboxylic acids is 1. The molecule has 4 aliphatic heterocycles. The topological polar surface area (TPSA) is 76.4 Å². The summed E-state index contributed by atoms with van der Waals surface area (Å²) in [6.45, 7) is 9.42. The number of hydrogen-bond donors (Lipinski definition) is 4. The summed E-state index contributed by atoms with van der Waals surface area (Å²) in [4.78, 5) is 15.8. The third-order valence-electron chi connectivity index (χ3n) is 5.67. The van der Waals surface area contributed by atoms with E-state index in [0.29, 0.717) is 17.2 Å². The van der Waals surface area contributed by atoms with E-state index in [1.807, 2.05) is 12.1 Å². The number of nitrogens with one attached hydrogen (secondary N) is 3. The van der Waals surface area contributed by atoms with Crippen LogP contribution in [0.4, 0.5) is 5.69 Å². The number of hydrogen-bond acceptors (Lipinski definition) is 3. The van der Waals surface area contributed by atoms with E-state index >= 15 is 0 Å². The summed E-state index contributed by atoms with van der Waals surface area (Å²) in [5.41, 5.74) is 10.9. The zero-order valence-corrected chi connectivity index (χ0v) is 13.6. The number of benzene rings is 1. The molecule has 0 aliphatic carbocycles. The van der Waals surface area contributed by atoms with Gasteiger partial charge in [0.1, 0.15) is 18.5 Å². The van der Waals surface area contributed by atoms with Gasteiger partial charge in [0.15, 0.2) is 0 Å². The summed E-state index contributed by atoms with van der Waals surface area (Å²) in [5.74, 6) is 0.273. The van der Waals surface area contributed by atoms with Crippen LogP contribution in [0.1, 0.15) is 17.3 Å². The smallest absolute Gasteiger partial charge is 0.273 e. The number of para-hydroxylation sites is 1. The molecule has 23 heavy (non-hydrogen) atoms. The van der Waals surface area contributed by atoms with Gasteiger partial charge in [-0.15, -0.1) is 0 Å². The molecule has 4 saturated heterocycles. The number of nitrogens with two attached hydrogens (primary N) is 1. The van der Waals surface area contributed by atoms with Crippen molar-refractivity contribution in [3.8, 4) is 0 Å². The third-order valence-corrected chi connectivity index (χ3v) is 5.67. The van der Waals surface area contributed by atoms with Crippen molar-refractivity contribution < 1.29 is 14.6 Å². The molecule has 1 aromatic rings. The van der Waals surface area contributed by atoms with Gasteiger partial charge in [0.05, 0.1) is 43.4 Å². The van der Waals surface area contributed by atoms with Gasteiger partial charge in [-0.1, -0.05) is 12.1 Å². The highest BCUT2D eigenvalue weighted by atomic mass is 16.2. The Morgan fingerprint density at radius 3 is 2.52 bits per heavy atom. The molecule has 4 heterocycles. The highest BCUT2D eigenvalue weighted by Gasteiger charge is 2.54. The molecule has 0 spiro atoms. The zero-order chi connectivity index (χ0) is 16.0. The molecule has 4 bridgehead atoms. The first-order valence-corrected chi connectivity index (χ1v) is 8.45. The monoisotopic (exact) mass is 315 g/mol. The van der Waals surface area contributed by atoms with Crippen molar-refractivity contribution in [3.63, 3.8) is 0 Å². The molecule has 1 aromatic carbocycles. The van der Waals surface area contributed by atoms with E-state index in [0.717, 1.165) is 26.2 Å². The molecule has 5 rings (SSSR count). The number of anilines is 1. The second kappa shape index (κ2) is 5.32. The lowest BCUT2D eigenvalue weighted by Crippen LogP contribution is -3.16.